The van der Waals surface area contributed by atoms with Gasteiger partial charge in [0.1, 0.15) is 9.87 Å². The number of nitrogens with one attached hydrogen (secondary N) is 1. The number of fused-ring (bicyclic) bond motifs is 1. The van der Waals surface area contributed by atoms with Gasteiger partial charge in [0.2, 0.25) is 5.91 Å². The molecule has 0 saturated carbocycles. The Kier molecular flexibility index (Phi) is 4.23. The maximum absolute atomic E-state index is 12.3. The highest BCUT2D eigenvalue weighted by Crippen LogP contribution is 2.34. The zero-order chi connectivity index (χ0) is 16.4. The molecule has 7 heteroatoms. The molecule has 0 saturated heterocycles. The standard InChI is InChI=1S/C16H15BN2O3S/c17-23(21,22)18-11-12-6-8-15-13(10-12)7-9-16(20)19(15)14-4-2-1-3-5-14/h1-6,8,10,18H,7,9,11H2. The molecule has 1 aliphatic rings. The number of benzene rings is 2. The molecule has 0 aromatic heterocycles. The minimum absolute atomic E-state index is 0.0547. The van der Waals surface area contributed by atoms with Crippen molar-refractivity contribution in [3.63, 3.8) is 0 Å². The average Bonchev–Trinajstić information content (AvgIpc) is 2.53. The van der Waals surface area contributed by atoms with Gasteiger partial charge < -0.3 is 0 Å². The quantitative estimate of drug-likeness (QED) is 0.871. The van der Waals surface area contributed by atoms with E-state index in [-0.39, 0.29) is 12.5 Å². The van der Waals surface area contributed by atoms with Crippen molar-refractivity contribution in [2.75, 3.05) is 4.90 Å². The Morgan fingerprint density at radius 3 is 2.52 bits per heavy atom. The summed E-state index contributed by atoms with van der Waals surface area (Å²) in [5, 5.41) is 0. The molecular formula is C16H15BN2O3S. The minimum Gasteiger partial charge on any atom is -0.281 e. The van der Waals surface area contributed by atoms with Crippen LogP contribution in [-0.2, 0) is 27.6 Å². The van der Waals surface area contributed by atoms with Gasteiger partial charge in [0.15, 0.2) is 0 Å². The number of anilines is 2. The van der Waals surface area contributed by atoms with Gasteiger partial charge >= 0.3 is 0 Å². The molecule has 1 N–H and O–H groups in total. The topological polar surface area (TPSA) is 66.5 Å². The summed E-state index contributed by atoms with van der Waals surface area (Å²) in [7, 11) is 1.22. The Morgan fingerprint density at radius 1 is 1.09 bits per heavy atom. The highest BCUT2D eigenvalue weighted by molar-refractivity contribution is 8.10. The van der Waals surface area contributed by atoms with Crippen molar-refractivity contribution in [1.82, 2.24) is 4.72 Å². The largest absolute Gasteiger partial charge is 0.281 e. The lowest BCUT2D eigenvalue weighted by Crippen LogP contribution is -2.31. The molecule has 116 valence electrons. The fourth-order valence-corrected chi connectivity index (χ4v) is 3.07. The fraction of sp³-hybridized carbons (Fsp3) is 0.188. The first kappa shape index (κ1) is 15.8. The monoisotopic (exact) mass is 326 g/mol. The molecule has 1 aliphatic heterocycles. The number of carbonyl (C=O) groups excluding carboxylic acids is 1. The van der Waals surface area contributed by atoms with Crippen LogP contribution in [0.25, 0.3) is 0 Å². The van der Waals surface area contributed by atoms with E-state index in [0.717, 1.165) is 22.5 Å². The molecule has 23 heavy (non-hydrogen) atoms. The molecule has 0 aliphatic carbocycles. The van der Waals surface area contributed by atoms with Crippen LogP contribution in [-0.4, -0.2) is 21.4 Å². The molecule has 0 spiro atoms. The third kappa shape index (κ3) is 3.63. The predicted octanol–water partition coefficient (Wildman–Crippen LogP) is 1.80. The lowest BCUT2D eigenvalue weighted by atomic mass is 9.98. The van der Waals surface area contributed by atoms with E-state index in [0.29, 0.717) is 12.8 Å². The van der Waals surface area contributed by atoms with E-state index in [2.05, 4.69) is 4.72 Å². The van der Waals surface area contributed by atoms with Gasteiger partial charge in [0, 0.05) is 18.7 Å². The molecule has 1 amide bonds. The molecule has 0 unspecified atom stereocenters. The SMILES string of the molecule is [B]S(=O)(=O)NCc1ccc2c(c1)CCC(=O)N2c1ccccc1. The van der Waals surface area contributed by atoms with Crippen molar-refractivity contribution in [2.24, 2.45) is 0 Å². The van der Waals surface area contributed by atoms with E-state index in [1.165, 1.54) is 0 Å². The van der Waals surface area contributed by atoms with Crippen molar-refractivity contribution in [3.05, 3.63) is 59.7 Å². The summed E-state index contributed by atoms with van der Waals surface area (Å²) >= 11 is 0. The van der Waals surface area contributed by atoms with Crippen LogP contribution in [0, 0.1) is 0 Å². The third-order valence-electron chi connectivity index (χ3n) is 3.73. The normalized spacial score (nSPS) is 14.6. The molecule has 0 fully saturated rings. The number of carbonyl (C=O) groups is 1. The number of para-hydroxylation sites is 1. The summed E-state index contributed by atoms with van der Waals surface area (Å²) < 4.78 is 24.2. The van der Waals surface area contributed by atoms with Crippen LogP contribution >= 0.6 is 0 Å². The third-order valence-corrected chi connectivity index (χ3v) is 4.28. The van der Waals surface area contributed by atoms with Gasteiger partial charge in [-0.2, -0.15) is 0 Å². The Morgan fingerprint density at radius 2 is 1.83 bits per heavy atom. The number of nitrogens with zero attached hydrogens (tertiary/aromatic N) is 1. The van der Waals surface area contributed by atoms with E-state index < -0.39 is 9.87 Å². The van der Waals surface area contributed by atoms with Crippen molar-refractivity contribution >= 4 is 34.3 Å². The summed E-state index contributed by atoms with van der Waals surface area (Å²) in [4.78, 5) is 14.0. The van der Waals surface area contributed by atoms with Crippen molar-refractivity contribution in [3.8, 4) is 0 Å². The molecule has 2 aromatic carbocycles. The zero-order valence-electron chi connectivity index (χ0n) is 12.4. The van der Waals surface area contributed by atoms with Gasteiger partial charge in [-0.05, 0) is 35.7 Å². The van der Waals surface area contributed by atoms with E-state index in [4.69, 9.17) is 7.12 Å². The lowest BCUT2D eigenvalue weighted by Gasteiger charge is -2.30. The summed E-state index contributed by atoms with van der Waals surface area (Å²) in [6.07, 6.45) is 1.06. The summed E-state index contributed by atoms with van der Waals surface area (Å²) in [6.45, 7) is 0.130. The first-order chi connectivity index (χ1) is 10.9. The Labute approximate surface area is 136 Å². The highest BCUT2D eigenvalue weighted by atomic mass is 32.2. The Bertz CT molecular complexity index is 838. The van der Waals surface area contributed by atoms with Crippen LogP contribution in [0.5, 0.6) is 0 Å². The summed E-state index contributed by atoms with van der Waals surface area (Å²) in [6, 6.07) is 15.0. The molecule has 2 radical (unpaired) electrons. The van der Waals surface area contributed by atoms with E-state index in [1.54, 1.807) is 11.0 Å². The number of hydrogen-bond donors (Lipinski definition) is 1. The van der Waals surface area contributed by atoms with E-state index in [9.17, 15) is 13.2 Å². The number of rotatable bonds is 4. The zero-order valence-corrected chi connectivity index (χ0v) is 13.2. The van der Waals surface area contributed by atoms with Gasteiger partial charge in [0.05, 0.1) is 5.69 Å². The number of amides is 1. The first-order valence-electron chi connectivity index (χ1n) is 7.21. The molecule has 2 aromatic rings. The van der Waals surface area contributed by atoms with Crippen LogP contribution in [0.1, 0.15) is 17.5 Å². The second-order valence-electron chi connectivity index (χ2n) is 5.39. The molecular weight excluding hydrogens is 311 g/mol. The number of hydrogen-bond acceptors (Lipinski definition) is 3. The molecule has 0 bridgehead atoms. The minimum atomic E-state index is -3.72. The Balaban J connectivity index is 1.93. The van der Waals surface area contributed by atoms with Crippen molar-refractivity contribution in [1.29, 1.82) is 0 Å². The Hall–Kier alpha value is -2.12. The summed E-state index contributed by atoms with van der Waals surface area (Å²) in [5.74, 6) is 0.0547. The van der Waals surface area contributed by atoms with E-state index in [1.807, 2.05) is 42.5 Å². The van der Waals surface area contributed by atoms with Gasteiger partial charge in [0.25, 0.3) is 7.12 Å². The average molecular weight is 326 g/mol. The van der Waals surface area contributed by atoms with Crippen molar-refractivity contribution in [2.45, 2.75) is 19.4 Å². The number of aryl methyl sites for hydroxylation is 1. The van der Waals surface area contributed by atoms with Gasteiger partial charge in [-0.1, -0.05) is 30.3 Å². The van der Waals surface area contributed by atoms with Crippen molar-refractivity contribution < 1.29 is 13.2 Å². The first-order valence-corrected chi connectivity index (χ1v) is 8.76. The van der Waals surface area contributed by atoms with Gasteiger partial charge in [-0.3, -0.25) is 9.69 Å². The van der Waals surface area contributed by atoms with Crippen LogP contribution < -0.4 is 9.62 Å². The van der Waals surface area contributed by atoms with Crippen LogP contribution in [0.2, 0.25) is 0 Å². The van der Waals surface area contributed by atoms with Crippen LogP contribution in [0.4, 0.5) is 11.4 Å². The molecule has 5 nitrogen and oxygen atoms in total. The van der Waals surface area contributed by atoms with Gasteiger partial charge in [-0.15, -0.1) is 0 Å². The van der Waals surface area contributed by atoms with E-state index >= 15 is 0 Å². The second-order valence-corrected chi connectivity index (χ2v) is 6.77. The van der Waals surface area contributed by atoms with Crippen LogP contribution in [0.15, 0.2) is 48.5 Å². The van der Waals surface area contributed by atoms with Crippen LogP contribution in [0.3, 0.4) is 0 Å². The highest BCUT2D eigenvalue weighted by Gasteiger charge is 2.25. The second kappa shape index (κ2) is 6.18. The predicted molar refractivity (Wildman–Crippen MR) is 89.9 cm³/mol. The maximum atomic E-state index is 12.3. The van der Waals surface area contributed by atoms with Gasteiger partial charge in [-0.25, -0.2) is 13.1 Å². The molecule has 0 atom stereocenters. The maximum Gasteiger partial charge on any atom is 0.277 e. The molecule has 1 heterocycles. The molecule has 3 rings (SSSR count). The smallest absolute Gasteiger partial charge is 0.277 e. The summed E-state index contributed by atoms with van der Waals surface area (Å²) in [5.41, 5.74) is 3.49. The fourth-order valence-electron chi connectivity index (χ4n) is 2.70. The lowest BCUT2D eigenvalue weighted by molar-refractivity contribution is -0.118.